The van der Waals surface area contributed by atoms with Crippen LogP contribution in [0.2, 0.25) is 0 Å². The minimum Gasteiger partial charge on any atom is -0.394 e. The molecule has 0 saturated carbocycles. The SMILES string of the molecule is CCC(O)CN1CC(CO)OC(C)(C)C1. The minimum absolute atomic E-state index is 0.0438. The van der Waals surface area contributed by atoms with Crippen LogP contribution in [0, 0.1) is 0 Å². The fourth-order valence-electron chi connectivity index (χ4n) is 2.08. The van der Waals surface area contributed by atoms with Gasteiger partial charge in [-0.05, 0) is 20.3 Å². The fourth-order valence-corrected chi connectivity index (χ4v) is 2.08. The van der Waals surface area contributed by atoms with Crippen molar-refractivity contribution in [1.82, 2.24) is 4.90 Å². The van der Waals surface area contributed by atoms with E-state index in [1.165, 1.54) is 0 Å². The van der Waals surface area contributed by atoms with Crippen molar-refractivity contribution >= 4 is 0 Å². The van der Waals surface area contributed by atoms with Crippen molar-refractivity contribution in [3.63, 3.8) is 0 Å². The second kappa shape index (κ2) is 5.25. The van der Waals surface area contributed by atoms with Gasteiger partial charge < -0.3 is 14.9 Å². The van der Waals surface area contributed by atoms with Gasteiger partial charge in [0.1, 0.15) is 0 Å². The zero-order valence-electron chi connectivity index (χ0n) is 9.94. The van der Waals surface area contributed by atoms with Crippen molar-refractivity contribution in [2.75, 3.05) is 26.2 Å². The first-order valence-electron chi connectivity index (χ1n) is 5.66. The number of rotatable bonds is 4. The van der Waals surface area contributed by atoms with Gasteiger partial charge in [-0.2, -0.15) is 0 Å². The largest absolute Gasteiger partial charge is 0.394 e. The summed E-state index contributed by atoms with van der Waals surface area (Å²) in [5.74, 6) is 0. The fraction of sp³-hybridized carbons (Fsp3) is 1.00. The standard InChI is InChI=1S/C11H23NO3/c1-4-9(14)5-12-6-10(7-13)15-11(2,3)8-12/h9-10,13-14H,4-8H2,1-3H3. The van der Waals surface area contributed by atoms with Crippen LogP contribution in [0.1, 0.15) is 27.2 Å². The van der Waals surface area contributed by atoms with Gasteiger partial charge >= 0.3 is 0 Å². The lowest BCUT2D eigenvalue weighted by atomic mass is 10.0. The van der Waals surface area contributed by atoms with E-state index in [0.29, 0.717) is 13.1 Å². The predicted molar refractivity (Wildman–Crippen MR) is 58.8 cm³/mol. The van der Waals surface area contributed by atoms with E-state index in [0.717, 1.165) is 13.0 Å². The molecule has 2 N–H and O–H groups in total. The molecule has 1 saturated heterocycles. The summed E-state index contributed by atoms with van der Waals surface area (Å²) in [5.41, 5.74) is -0.237. The molecule has 0 spiro atoms. The number of hydrogen-bond donors (Lipinski definition) is 2. The molecule has 1 heterocycles. The third-order valence-corrected chi connectivity index (χ3v) is 2.70. The van der Waals surface area contributed by atoms with Crippen LogP contribution in [0.3, 0.4) is 0 Å². The van der Waals surface area contributed by atoms with Gasteiger partial charge in [0.2, 0.25) is 0 Å². The Labute approximate surface area is 91.8 Å². The van der Waals surface area contributed by atoms with Crippen molar-refractivity contribution in [1.29, 1.82) is 0 Å². The maximum atomic E-state index is 9.59. The molecule has 1 rings (SSSR count). The average Bonchev–Trinajstić information content (AvgIpc) is 2.15. The maximum Gasteiger partial charge on any atom is 0.0940 e. The van der Waals surface area contributed by atoms with E-state index < -0.39 is 0 Å². The van der Waals surface area contributed by atoms with Gasteiger partial charge in [-0.1, -0.05) is 6.92 Å². The number of nitrogens with zero attached hydrogens (tertiary/aromatic N) is 1. The molecule has 2 unspecified atom stereocenters. The summed E-state index contributed by atoms with van der Waals surface area (Å²) in [6.07, 6.45) is 0.359. The Hall–Kier alpha value is -0.160. The van der Waals surface area contributed by atoms with Crippen LogP contribution in [0.5, 0.6) is 0 Å². The molecule has 0 aliphatic carbocycles. The van der Waals surface area contributed by atoms with E-state index in [9.17, 15) is 5.11 Å². The van der Waals surface area contributed by atoms with Gasteiger partial charge in [0.15, 0.2) is 0 Å². The summed E-state index contributed by atoms with van der Waals surface area (Å²) in [6, 6.07) is 0. The molecule has 4 nitrogen and oxygen atoms in total. The summed E-state index contributed by atoms with van der Waals surface area (Å²) in [4.78, 5) is 2.17. The van der Waals surface area contributed by atoms with Crippen LogP contribution in [-0.4, -0.2) is 59.2 Å². The molecule has 0 bridgehead atoms. The lowest BCUT2D eigenvalue weighted by molar-refractivity contribution is -0.152. The number of aliphatic hydroxyl groups is 2. The molecule has 15 heavy (non-hydrogen) atoms. The lowest BCUT2D eigenvalue weighted by Crippen LogP contribution is -2.55. The smallest absolute Gasteiger partial charge is 0.0940 e. The Morgan fingerprint density at radius 2 is 2.20 bits per heavy atom. The zero-order valence-corrected chi connectivity index (χ0v) is 9.94. The number of hydrogen-bond acceptors (Lipinski definition) is 4. The number of morpholine rings is 1. The van der Waals surface area contributed by atoms with Crippen molar-refractivity contribution in [3.8, 4) is 0 Å². The van der Waals surface area contributed by atoms with Crippen molar-refractivity contribution < 1.29 is 14.9 Å². The first-order valence-corrected chi connectivity index (χ1v) is 5.66. The molecule has 1 aliphatic rings. The van der Waals surface area contributed by atoms with Crippen LogP contribution in [-0.2, 0) is 4.74 Å². The van der Waals surface area contributed by atoms with Crippen LogP contribution >= 0.6 is 0 Å². The molecule has 2 atom stereocenters. The third kappa shape index (κ3) is 4.07. The summed E-state index contributed by atoms with van der Waals surface area (Å²) in [5, 5.41) is 18.7. The van der Waals surface area contributed by atoms with Crippen molar-refractivity contribution in [2.45, 2.75) is 45.0 Å². The average molecular weight is 217 g/mol. The highest BCUT2D eigenvalue weighted by Gasteiger charge is 2.33. The highest BCUT2D eigenvalue weighted by Crippen LogP contribution is 2.21. The molecule has 0 aromatic heterocycles. The molecule has 1 fully saturated rings. The predicted octanol–water partition coefficient (Wildman–Crippen LogP) is 0.229. The van der Waals surface area contributed by atoms with Gasteiger partial charge in [0, 0.05) is 19.6 Å². The number of β-amino-alcohol motifs (C(OH)–C–C–N with tert-alkyl or cyclic N) is 1. The molecule has 0 aromatic carbocycles. The van der Waals surface area contributed by atoms with E-state index in [1.54, 1.807) is 0 Å². The van der Waals surface area contributed by atoms with E-state index in [1.807, 2.05) is 20.8 Å². The molecule has 0 radical (unpaired) electrons. The van der Waals surface area contributed by atoms with Gasteiger partial charge in [0.05, 0.1) is 24.4 Å². The quantitative estimate of drug-likeness (QED) is 0.708. The molecule has 0 aromatic rings. The van der Waals surface area contributed by atoms with Gasteiger partial charge in [0.25, 0.3) is 0 Å². The van der Waals surface area contributed by atoms with Crippen LogP contribution < -0.4 is 0 Å². The second-order valence-electron chi connectivity index (χ2n) is 4.94. The number of aliphatic hydroxyl groups excluding tert-OH is 2. The topological polar surface area (TPSA) is 52.9 Å². The Kier molecular flexibility index (Phi) is 4.52. The summed E-state index contributed by atoms with van der Waals surface area (Å²) in [7, 11) is 0. The molecule has 4 heteroatoms. The van der Waals surface area contributed by atoms with E-state index in [4.69, 9.17) is 9.84 Å². The second-order valence-corrected chi connectivity index (χ2v) is 4.94. The van der Waals surface area contributed by atoms with Crippen molar-refractivity contribution in [2.24, 2.45) is 0 Å². The molecular weight excluding hydrogens is 194 g/mol. The van der Waals surface area contributed by atoms with Crippen LogP contribution in [0.4, 0.5) is 0 Å². The molecule has 1 aliphatic heterocycles. The molecule has 0 amide bonds. The van der Waals surface area contributed by atoms with Gasteiger partial charge in [-0.3, -0.25) is 4.90 Å². The summed E-state index contributed by atoms with van der Waals surface area (Å²) in [6.45, 7) is 8.22. The Morgan fingerprint density at radius 1 is 1.53 bits per heavy atom. The molecule has 90 valence electrons. The van der Waals surface area contributed by atoms with E-state index in [-0.39, 0.29) is 24.4 Å². The first kappa shape index (κ1) is 12.9. The van der Waals surface area contributed by atoms with E-state index >= 15 is 0 Å². The highest BCUT2D eigenvalue weighted by molar-refractivity contribution is 4.84. The molecular formula is C11H23NO3. The maximum absolute atomic E-state index is 9.59. The number of ether oxygens (including phenoxy) is 1. The third-order valence-electron chi connectivity index (χ3n) is 2.70. The van der Waals surface area contributed by atoms with E-state index in [2.05, 4.69) is 4.90 Å². The van der Waals surface area contributed by atoms with Crippen LogP contribution in [0.15, 0.2) is 0 Å². The normalized spacial score (nSPS) is 29.0. The summed E-state index contributed by atoms with van der Waals surface area (Å²) < 4.78 is 5.70. The van der Waals surface area contributed by atoms with Crippen LogP contribution in [0.25, 0.3) is 0 Å². The van der Waals surface area contributed by atoms with Gasteiger partial charge in [-0.15, -0.1) is 0 Å². The zero-order chi connectivity index (χ0) is 11.5. The minimum atomic E-state index is -0.279. The highest BCUT2D eigenvalue weighted by atomic mass is 16.5. The Balaban J connectivity index is 2.50. The monoisotopic (exact) mass is 217 g/mol. The Morgan fingerprint density at radius 3 is 2.73 bits per heavy atom. The van der Waals surface area contributed by atoms with Crippen molar-refractivity contribution in [3.05, 3.63) is 0 Å². The van der Waals surface area contributed by atoms with Gasteiger partial charge in [-0.25, -0.2) is 0 Å². The lowest BCUT2D eigenvalue weighted by Gasteiger charge is -2.42. The first-order chi connectivity index (χ1) is 6.96. The Bertz CT molecular complexity index is 194. The summed E-state index contributed by atoms with van der Waals surface area (Å²) >= 11 is 0.